The van der Waals surface area contributed by atoms with Crippen molar-refractivity contribution in [1.82, 2.24) is 0 Å². The monoisotopic (exact) mass is 316 g/mol. The molecule has 0 aromatic rings. The molecule has 6 nitrogen and oxygen atoms in total. The van der Waals surface area contributed by atoms with Crippen molar-refractivity contribution in [2.75, 3.05) is 0 Å². The molecule has 112 valence electrons. The maximum Gasteiger partial charge on any atom is 1.00 e. The van der Waals surface area contributed by atoms with Crippen LogP contribution in [0.1, 0.15) is 52.4 Å². The van der Waals surface area contributed by atoms with Crippen molar-refractivity contribution in [3.8, 4) is 0 Å². The average Bonchev–Trinajstić information content (AvgIpc) is 2.35. The molecule has 0 bridgehead atoms. The summed E-state index contributed by atoms with van der Waals surface area (Å²) in [6.45, 7) is 3.83. The molecule has 0 radical (unpaired) electrons. The van der Waals surface area contributed by atoms with Crippen molar-refractivity contribution in [2.45, 2.75) is 57.8 Å². The molecule has 0 aliphatic heterocycles. The first kappa shape index (κ1) is 22.2. The molecule has 0 saturated carbocycles. The van der Waals surface area contributed by atoms with Crippen LogP contribution < -0.4 is 34.7 Å². The molecule has 0 aromatic carbocycles. The Balaban J connectivity index is 0. The number of carbonyl (C=O) groups is 2. The van der Waals surface area contributed by atoms with Gasteiger partial charge in [0, 0.05) is 11.9 Å². The van der Waals surface area contributed by atoms with Crippen LogP contribution in [0.25, 0.3) is 0 Å². The van der Waals surface area contributed by atoms with Gasteiger partial charge in [-0.25, -0.2) is 8.42 Å². The van der Waals surface area contributed by atoms with Crippen LogP contribution in [0, 0.1) is 5.92 Å². The van der Waals surface area contributed by atoms with E-state index in [4.69, 9.17) is 4.74 Å². The van der Waals surface area contributed by atoms with Crippen LogP contribution in [0.2, 0.25) is 0 Å². The van der Waals surface area contributed by atoms with Crippen LogP contribution in [0.3, 0.4) is 0 Å². The van der Waals surface area contributed by atoms with Crippen LogP contribution in [0.5, 0.6) is 0 Å². The van der Waals surface area contributed by atoms with Gasteiger partial charge in [-0.1, -0.05) is 26.7 Å². The second kappa shape index (κ2) is 12.6. The van der Waals surface area contributed by atoms with Crippen LogP contribution in [0.15, 0.2) is 0 Å². The first-order valence-electron chi connectivity index (χ1n) is 6.45. The van der Waals surface area contributed by atoms with E-state index in [9.17, 15) is 23.1 Å². The molecule has 0 rings (SSSR count). The fraction of sp³-hybridized carbons (Fsp3) is 0.833. The van der Waals surface area contributed by atoms with Gasteiger partial charge in [0.1, 0.15) is 0 Å². The van der Waals surface area contributed by atoms with Gasteiger partial charge in [-0.3, -0.25) is 4.79 Å². The number of rotatable bonds is 10. The topological polar surface area (TPSA) is 101 Å². The van der Waals surface area contributed by atoms with Crippen LogP contribution in [-0.4, -0.2) is 25.8 Å². The van der Waals surface area contributed by atoms with Crippen LogP contribution in [-0.2, 0) is 25.0 Å². The fourth-order valence-corrected chi connectivity index (χ4v) is 2.63. The zero-order chi connectivity index (χ0) is 14.8. The van der Waals surface area contributed by atoms with Gasteiger partial charge in [0.15, 0.2) is 10.7 Å². The zero-order valence-corrected chi connectivity index (χ0v) is 15.2. The minimum Gasteiger partial charge on any atom is -0.550 e. The fourth-order valence-electron chi connectivity index (χ4n) is 1.72. The van der Waals surface area contributed by atoms with E-state index in [1.807, 2.05) is 13.8 Å². The number of hydrogen-bond acceptors (Lipinski definition) is 6. The first-order valence-corrected chi connectivity index (χ1v) is 7.69. The predicted molar refractivity (Wildman–Crippen MR) is 67.7 cm³/mol. The molecule has 0 fully saturated rings. The van der Waals surface area contributed by atoms with E-state index < -0.39 is 34.5 Å². The van der Waals surface area contributed by atoms with Gasteiger partial charge < -0.3 is 14.6 Å². The second-order valence-corrected chi connectivity index (χ2v) is 5.43. The summed E-state index contributed by atoms with van der Waals surface area (Å²) in [4.78, 5) is 21.6. The largest absolute Gasteiger partial charge is 1.00 e. The molecule has 0 heterocycles. The summed E-state index contributed by atoms with van der Waals surface area (Å²) in [7, 11) is -2.89. The number of unbranched alkanes of at least 4 members (excludes halogenated alkanes) is 1. The number of ether oxygens (including phenoxy) is 1. The number of aliphatic carboxylic acids is 1. The number of hydrogen-bond donors (Lipinski definition) is 1. The second-order valence-electron chi connectivity index (χ2n) is 4.35. The number of carboxylic acid groups (broad SMARTS) is 1. The van der Waals surface area contributed by atoms with Crippen LogP contribution in [0.4, 0.5) is 0 Å². The van der Waals surface area contributed by atoms with E-state index in [0.29, 0.717) is 12.8 Å². The van der Waals surface area contributed by atoms with Gasteiger partial charge in [-0.2, -0.15) is 0 Å². The van der Waals surface area contributed by atoms with Crippen molar-refractivity contribution < 1.29 is 57.4 Å². The van der Waals surface area contributed by atoms with Gasteiger partial charge in [0.25, 0.3) is 0 Å². The summed E-state index contributed by atoms with van der Waals surface area (Å²) in [5.74, 6) is -2.42. The van der Waals surface area contributed by atoms with Gasteiger partial charge in [0.05, 0.1) is 6.42 Å². The van der Waals surface area contributed by atoms with Gasteiger partial charge in [-0.05, 0) is 19.3 Å². The normalized spacial score (nSPS) is 13.3. The maximum atomic E-state index is 11.4. The molecule has 0 spiro atoms. The number of carbonyl (C=O) groups excluding carboxylic acids is 2. The molecule has 0 amide bonds. The van der Waals surface area contributed by atoms with Crippen molar-refractivity contribution >= 4 is 22.6 Å². The third-order valence-electron chi connectivity index (χ3n) is 2.85. The summed E-state index contributed by atoms with van der Waals surface area (Å²) >= 11 is 0. The Morgan fingerprint density at radius 1 is 1.20 bits per heavy atom. The Labute approximate surface area is 143 Å². The molecule has 0 saturated heterocycles. The molecule has 0 N–H and O–H groups in total. The maximum absolute atomic E-state index is 11.4. The molecule has 0 aliphatic carbocycles. The van der Waals surface area contributed by atoms with Gasteiger partial charge in [0.2, 0.25) is 5.44 Å². The molecule has 0 aliphatic rings. The minimum absolute atomic E-state index is 0. The molecular formula is C12H21NaO6S. The Morgan fingerprint density at radius 2 is 1.80 bits per heavy atom. The minimum atomic E-state index is -2.89. The van der Waals surface area contributed by atoms with E-state index in [2.05, 4.69) is 0 Å². The summed E-state index contributed by atoms with van der Waals surface area (Å²) < 4.78 is 27.2. The van der Waals surface area contributed by atoms with E-state index in [0.717, 1.165) is 12.8 Å². The Bertz CT molecular complexity index is 361. The number of carboxylic acids is 1. The van der Waals surface area contributed by atoms with Crippen LogP contribution >= 0.6 is 0 Å². The summed E-state index contributed by atoms with van der Waals surface area (Å²) in [5, 5.41) is 10.2. The third kappa shape index (κ3) is 9.74. The van der Waals surface area contributed by atoms with E-state index in [-0.39, 0.29) is 41.9 Å². The van der Waals surface area contributed by atoms with Gasteiger partial charge in [-0.15, -0.1) is 0 Å². The van der Waals surface area contributed by atoms with E-state index in [1.165, 1.54) is 0 Å². The molecular weight excluding hydrogens is 295 g/mol. The predicted octanol–water partition coefficient (Wildman–Crippen LogP) is -2.78. The number of esters is 1. The number of thiol groups is 1. The SMILES string of the molecule is CCCCC(CC)C(OC(=O)CCC(=O)[O-])[SH](=O)=O.[Na+]. The van der Waals surface area contributed by atoms with E-state index in [1.54, 1.807) is 0 Å². The molecule has 20 heavy (non-hydrogen) atoms. The summed E-state index contributed by atoms with van der Waals surface area (Å²) in [5.41, 5.74) is -1.17. The summed E-state index contributed by atoms with van der Waals surface area (Å²) in [6, 6.07) is 0. The van der Waals surface area contributed by atoms with E-state index >= 15 is 0 Å². The Morgan fingerprint density at radius 3 is 2.20 bits per heavy atom. The zero-order valence-electron chi connectivity index (χ0n) is 12.3. The van der Waals surface area contributed by atoms with Gasteiger partial charge >= 0.3 is 35.5 Å². The van der Waals surface area contributed by atoms with Crippen molar-refractivity contribution in [1.29, 1.82) is 0 Å². The molecule has 8 heteroatoms. The summed E-state index contributed by atoms with van der Waals surface area (Å²) in [6.07, 6.45) is 2.20. The standard InChI is InChI=1S/C12H22O6S.Na/c1-3-5-6-9(4-2)12(19(16)17)18-11(15)8-7-10(13)14;/h9,12,19H,3-8H2,1-2H3,(H,13,14);/q;+1/p-1. The smallest absolute Gasteiger partial charge is 0.550 e. The molecule has 2 unspecified atom stereocenters. The van der Waals surface area contributed by atoms with Crippen molar-refractivity contribution in [3.05, 3.63) is 0 Å². The van der Waals surface area contributed by atoms with Crippen molar-refractivity contribution in [3.63, 3.8) is 0 Å². The Kier molecular flexibility index (Phi) is 14.0. The van der Waals surface area contributed by atoms with Crippen molar-refractivity contribution in [2.24, 2.45) is 5.92 Å². The molecule has 0 aromatic heterocycles. The first-order chi connectivity index (χ1) is 8.92. The Hall–Kier alpha value is -0.110. The average molecular weight is 316 g/mol. The quantitative estimate of drug-likeness (QED) is 0.266. The molecule has 2 atom stereocenters. The third-order valence-corrected chi connectivity index (χ3v) is 3.79.